The van der Waals surface area contributed by atoms with Gasteiger partial charge in [-0.2, -0.15) is 13.2 Å². The van der Waals surface area contributed by atoms with Gasteiger partial charge in [-0.3, -0.25) is 4.79 Å². The average Bonchev–Trinajstić information content (AvgIpc) is 2.26. The number of ketones is 1. The molecule has 0 amide bonds. The van der Waals surface area contributed by atoms with E-state index < -0.39 is 17.5 Å². The molecule has 17 heavy (non-hydrogen) atoms. The zero-order valence-electron chi connectivity index (χ0n) is 8.97. The minimum Gasteiger partial charge on any atom is -0.298 e. The standard InChI is InChI=1S/C11H10ClF3OS/c1-17-9-4-2-3-7(5-8(16)6-12)10(9)11(13,14)15/h2-4H,5-6H2,1H3. The van der Waals surface area contributed by atoms with E-state index in [2.05, 4.69) is 0 Å². The summed E-state index contributed by atoms with van der Waals surface area (Å²) in [5.41, 5.74) is -0.749. The molecule has 1 nitrogen and oxygen atoms in total. The first kappa shape index (κ1) is 14.4. The normalized spacial score (nSPS) is 11.6. The minimum atomic E-state index is -4.46. The lowest BCUT2D eigenvalue weighted by Gasteiger charge is -2.15. The molecule has 0 spiro atoms. The molecule has 6 heteroatoms. The first-order chi connectivity index (χ1) is 7.90. The van der Waals surface area contributed by atoms with Crippen LogP contribution in [-0.4, -0.2) is 17.9 Å². The maximum atomic E-state index is 12.9. The highest BCUT2D eigenvalue weighted by molar-refractivity contribution is 7.98. The Morgan fingerprint density at radius 3 is 2.53 bits per heavy atom. The number of alkyl halides is 4. The second kappa shape index (κ2) is 5.78. The van der Waals surface area contributed by atoms with Crippen LogP contribution < -0.4 is 0 Å². The molecule has 1 aromatic rings. The summed E-state index contributed by atoms with van der Waals surface area (Å²) in [7, 11) is 0. The van der Waals surface area contributed by atoms with Crippen LogP contribution in [0.15, 0.2) is 23.1 Å². The summed E-state index contributed by atoms with van der Waals surface area (Å²) in [6, 6.07) is 4.22. The molecule has 94 valence electrons. The number of thioether (sulfide) groups is 1. The first-order valence-corrected chi connectivity index (χ1v) is 6.46. The summed E-state index contributed by atoms with van der Waals surface area (Å²) in [6.45, 7) is 0. The predicted molar refractivity (Wildman–Crippen MR) is 62.7 cm³/mol. The van der Waals surface area contributed by atoms with Crippen LogP contribution in [-0.2, 0) is 17.4 Å². The Morgan fingerprint density at radius 1 is 1.41 bits per heavy atom. The third kappa shape index (κ3) is 3.64. The van der Waals surface area contributed by atoms with Crippen LogP contribution in [0.1, 0.15) is 11.1 Å². The topological polar surface area (TPSA) is 17.1 Å². The smallest absolute Gasteiger partial charge is 0.298 e. The van der Waals surface area contributed by atoms with Gasteiger partial charge in [0.1, 0.15) is 0 Å². The third-order valence-electron chi connectivity index (χ3n) is 2.15. The summed E-state index contributed by atoms with van der Waals surface area (Å²) in [5, 5.41) is 0. The summed E-state index contributed by atoms with van der Waals surface area (Å²) >= 11 is 6.31. The highest BCUT2D eigenvalue weighted by atomic mass is 35.5. The molecular weight excluding hydrogens is 273 g/mol. The van der Waals surface area contributed by atoms with E-state index in [-0.39, 0.29) is 22.8 Å². The largest absolute Gasteiger partial charge is 0.417 e. The summed E-state index contributed by atoms with van der Waals surface area (Å²) in [6.07, 6.45) is -3.17. The van der Waals surface area contributed by atoms with Crippen LogP contribution >= 0.6 is 23.4 Å². The lowest BCUT2D eigenvalue weighted by Crippen LogP contribution is -2.14. The van der Waals surface area contributed by atoms with Crippen LogP contribution in [0, 0.1) is 0 Å². The van der Waals surface area contributed by atoms with Crippen molar-refractivity contribution in [2.24, 2.45) is 0 Å². The fraction of sp³-hybridized carbons (Fsp3) is 0.364. The Hall–Kier alpha value is -0.680. The Balaban J connectivity index is 3.25. The molecule has 0 atom stereocenters. The Kier molecular flexibility index (Phi) is 4.89. The van der Waals surface area contributed by atoms with Gasteiger partial charge in [0, 0.05) is 11.3 Å². The molecule has 0 bridgehead atoms. The first-order valence-electron chi connectivity index (χ1n) is 4.71. The van der Waals surface area contributed by atoms with Gasteiger partial charge in [-0.05, 0) is 17.9 Å². The Morgan fingerprint density at radius 2 is 2.06 bits per heavy atom. The minimum absolute atomic E-state index is 0.0185. The third-order valence-corrected chi connectivity index (χ3v) is 3.23. The van der Waals surface area contributed by atoms with E-state index >= 15 is 0 Å². The fourth-order valence-electron chi connectivity index (χ4n) is 1.48. The lowest BCUT2D eigenvalue weighted by molar-refractivity contribution is -0.140. The van der Waals surface area contributed by atoms with Crippen molar-refractivity contribution in [1.29, 1.82) is 0 Å². The van der Waals surface area contributed by atoms with Gasteiger partial charge in [0.15, 0.2) is 5.78 Å². The van der Waals surface area contributed by atoms with Crippen molar-refractivity contribution in [1.82, 2.24) is 0 Å². The molecule has 1 aromatic carbocycles. The lowest BCUT2D eigenvalue weighted by atomic mass is 10.0. The molecule has 1 rings (SSSR count). The second-order valence-corrected chi connectivity index (χ2v) is 4.46. The SMILES string of the molecule is CSc1cccc(CC(=O)CCl)c1C(F)(F)F. The monoisotopic (exact) mass is 282 g/mol. The van der Waals surface area contributed by atoms with Crippen molar-refractivity contribution in [2.45, 2.75) is 17.5 Å². The van der Waals surface area contributed by atoms with E-state index in [0.29, 0.717) is 0 Å². The van der Waals surface area contributed by atoms with Crippen molar-refractivity contribution in [3.63, 3.8) is 0 Å². The number of hydrogen-bond acceptors (Lipinski definition) is 2. The predicted octanol–water partition coefficient (Wildman–Crippen LogP) is 3.78. The van der Waals surface area contributed by atoms with E-state index in [0.717, 1.165) is 11.8 Å². The zero-order chi connectivity index (χ0) is 13.1. The van der Waals surface area contributed by atoms with E-state index in [1.165, 1.54) is 18.2 Å². The number of benzene rings is 1. The number of carbonyl (C=O) groups excluding carboxylic acids is 1. The molecule has 0 fully saturated rings. The Labute approximate surface area is 106 Å². The number of hydrogen-bond donors (Lipinski definition) is 0. The van der Waals surface area contributed by atoms with Gasteiger partial charge < -0.3 is 0 Å². The van der Waals surface area contributed by atoms with Crippen LogP contribution in [0.2, 0.25) is 0 Å². The molecule has 0 heterocycles. The van der Waals surface area contributed by atoms with E-state index in [4.69, 9.17) is 11.6 Å². The van der Waals surface area contributed by atoms with Gasteiger partial charge in [-0.1, -0.05) is 12.1 Å². The van der Waals surface area contributed by atoms with Gasteiger partial charge in [0.2, 0.25) is 0 Å². The van der Waals surface area contributed by atoms with Crippen LogP contribution in [0.25, 0.3) is 0 Å². The maximum Gasteiger partial charge on any atom is 0.417 e. The van der Waals surface area contributed by atoms with Gasteiger partial charge in [-0.15, -0.1) is 23.4 Å². The number of rotatable bonds is 4. The molecule has 0 aliphatic heterocycles. The number of halogens is 4. The van der Waals surface area contributed by atoms with Crippen molar-refractivity contribution in [3.05, 3.63) is 29.3 Å². The highest BCUT2D eigenvalue weighted by Gasteiger charge is 2.36. The maximum absolute atomic E-state index is 12.9. The molecule has 0 saturated carbocycles. The number of carbonyl (C=O) groups is 1. The molecule has 0 saturated heterocycles. The van der Waals surface area contributed by atoms with Gasteiger partial charge in [-0.25, -0.2) is 0 Å². The van der Waals surface area contributed by atoms with E-state index in [1.807, 2.05) is 0 Å². The fourth-order valence-corrected chi connectivity index (χ4v) is 2.24. The molecule has 0 aromatic heterocycles. The van der Waals surface area contributed by atoms with E-state index in [1.54, 1.807) is 6.26 Å². The van der Waals surface area contributed by atoms with E-state index in [9.17, 15) is 18.0 Å². The van der Waals surface area contributed by atoms with Crippen LogP contribution in [0.3, 0.4) is 0 Å². The van der Waals surface area contributed by atoms with Crippen molar-refractivity contribution >= 4 is 29.1 Å². The molecule has 0 aliphatic carbocycles. The molecule has 0 aliphatic rings. The number of Topliss-reactive ketones (excluding diaryl/α,β-unsaturated/α-hetero) is 1. The van der Waals surface area contributed by atoms with Crippen molar-refractivity contribution in [3.8, 4) is 0 Å². The Bertz CT molecular complexity index is 418. The molecular formula is C11H10ClF3OS. The summed E-state index contributed by atoms with van der Waals surface area (Å²) in [4.78, 5) is 11.3. The second-order valence-electron chi connectivity index (χ2n) is 3.34. The average molecular weight is 283 g/mol. The van der Waals surface area contributed by atoms with Crippen molar-refractivity contribution in [2.75, 3.05) is 12.1 Å². The molecule has 0 unspecified atom stereocenters. The van der Waals surface area contributed by atoms with Crippen molar-refractivity contribution < 1.29 is 18.0 Å². The molecule has 0 N–H and O–H groups in total. The summed E-state index contributed by atoms with van der Waals surface area (Å²) in [5.74, 6) is -0.698. The highest BCUT2D eigenvalue weighted by Crippen LogP contribution is 2.38. The van der Waals surface area contributed by atoms with Gasteiger partial charge in [0.25, 0.3) is 0 Å². The van der Waals surface area contributed by atoms with Crippen LogP contribution in [0.4, 0.5) is 13.2 Å². The zero-order valence-corrected chi connectivity index (χ0v) is 10.5. The van der Waals surface area contributed by atoms with Gasteiger partial charge >= 0.3 is 6.18 Å². The quantitative estimate of drug-likeness (QED) is 0.617. The molecule has 0 radical (unpaired) electrons. The summed E-state index contributed by atoms with van der Waals surface area (Å²) < 4.78 is 38.7. The van der Waals surface area contributed by atoms with Gasteiger partial charge in [0.05, 0.1) is 11.4 Å². The van der Waals surface area contributed by atoms with Crippen LogP contribution in [0.5, 0.6) is 0 Å².